The number of nitrogens with one attached hydrogen (secondary N) is 1. The van der Waals surface area contributed by atoms with Crippen molar-refractivity contribution in [1.82, 2.24) is 25.2 Å². The molecule has 0 unspecified atom stereocenters. The summed E-state index contributed by atoms with van der Waals surface area (Å²) in [5, 5.41) is 15.2. The fourth-order valence-corrected chi connectivity index (χ4v) is 4.60. The molecule has 5 nitrogen and oxygen atoms in total. The summed E-state index contributed by atoms with van der Waals surface area (Å²) in [6, 6.07) is 16.3. The standard InChI is InChI=1S/C28H28F3N5/c1-26(2,3)17-8-11-22-19(14-17)20-15-18(27(4,5)6)9-12-23(20)36(22)24-10-7-16(25-32-34-35-33-25)13-21(24)28(29,30)31/h7-15H,1-6H3,(H,32,33,34,35). The first-order chi connectivity index (χ1) is 16.7. The second-order valence-corrected chi connectivity index (χ2v) is 11.3. The molecule has 36 heavy (non-hydrogen) atoms. The molecule has 0 aliphatic heterocycles. The Morgan fingerprint density at radius 2 is 1.28 bits per heavy atom. The molecular weight excluding hydrogens is 463 g/mol. The van der Waals surface area contributed by atoms with Gasteiger partial charge in [-0.3, -0.25) is 0 Å². The SMILES string of the molecule is CC(C)(C)c1ccc2c(c1)c1cc(C(C)(C)C)ccc1n2-c1ccc(-c2nnn[nH]2)cc1C(F)(F)F. The van der Waals surface area contributed by atoms with Crippen LogP contribution < -0.4 is 0 Å². The van der Waals surface area contributed by atoms with E-state index in [1.165, 1.54) is 6.07 Å². The lowest BCUT2D eigenvalue weighted by Crippen LogP contribution is -2.12. The minimum absolute atomic E-state index is 0.0609. The monoisotopic (exact) mass is 491 g/mol. The van der Waals surface area contributed by atoms with E-state index in [1.54, 1.807) is 10.6 Å². The summed E-state index contributed by atoms with van der Waals surface area (Å²) in [6.45, 7) is 12.8. The lowest BCUT2D eigenvalue weighted by Gasteiger charge is -2.20. The third kappa shape index (κ3) is 4.04. The van der Waals surface area contributed by atoms with Gasteiger partial charge in [-0.2, -0.15) is 13.2 Å². The predicted octanol–water partition coefficient (Wildman–Crippen LogP) is 7.58. The van der Waals surface area contributed by atoms with Crippen LogP contribution in [-0.4, -0.2) is 25.2 Å². The zero-order valence-electron chi connectivity index (χ0n) is 21.1. The van der Waals surface area contributed by atoms with Gasteiger partial charge in [0, 0.05) is 16.3 Å². The highest BCUT2D eigenvalue weighted by Crippen LogP contribution is 2.42. The molecule has 3 aromatic carbocycles. The van der Waals surface area contributed by atoms with Crippen molar-refractivity contribution in [3.63, 3.8) is 0 Å². The topological polar surface area (TPSA) is 59.4 Å². The van der Waals surface area contributed by atoms with E-state index in [0.717, 1.165) is 39.0 Å². The molecule has 0 spiro atoms. The molecule has 0 radical (unpaired) electrons. The molecule has 0 saturated heterocycles. The minimum atomic E-state index is -4.58. The molecule has 0 fully saturated rings. The molecule has 0 aliphatic carbocycles. The number of rotatable bonds is 2. The zero-order valence-corrected chi connectivity index (χ0v) is 21.1. The van der Waals surface area contributed by atoms with Crippen LogP contribution in [0.5, 0.6) is 0 Å². The average molecular weight is 492 g/mol. The maximum absolute atomic E-state index is 14.4. The van der Waals surface area contributed by atoms with Crippen LogP contribution in [0, 0.1) is 0 Å². The molecular formula is C28H28F3N5. The van der Waals surface area contributed by atoms with Gasteiger partial charge in [-0.1, -0.05) is 53.7 Å². The first kappa shape index (κ1) is 24.0. The normalized spacial score (nSPS) is 13.1. The lowest BCUT2D eigenvalue weighted by atomic mass is 9.85. The van der Waals surface area contributed by atoms with E-state index in [0.29, 0.717) is 0 Å². The van der Waals surface area contributed by atoms with E-state index in [9.17, 15) is 13.2 Å². The van der Waals surface area contributed by atoms with Gasteiger partial charge in [0.05, 0.1) is 22.3 Å². The van der Waals surface area contributed by atoms with Crippen LogP contribution >= 0.6 is 0 Å². The molecule has 0 aliphatic rings. The van der Waals surface area contributed by atoms with Crippen molar-refractivity contribution in [3.05, 3.63) is 71.3 Å². The number of aromatic amines is 1. The molecule has 5 rings (SSSR count). The number of hydrogen-bond acceptors (Lipinski definition) is 3. The van der Waals surface area contributed by atoms with Gasteiger partial charge in [-0.05, 0) is 74.8 Å². The maximum atomic E-state index is 14.4. The fraction of sp³-hybridized carbons (Fsp3) is 0.321. The van der Waals surface area contributed by atoms with Crippen molar-refractivity contribution in [2.75, 3.05) is 0 Å². The van der Waals surface area contributed by atoms with Crippen LogP contribution in [0.15, 0.2) is 54.6 Å². The van der Waals surface area contributed by atoms with Crippen molar-refractivity contribution in [2.45, 2.75) is 58.5 Å². The number of aromatic nitrogens is 5. The molecule has 2 heterocycles. The van der Waals surface area contributed by atoms with Gasteiger partial charge in [-0.25, -0.2) is 5.10 Å². The first-order valence-corrected chi connectivity index (χ1v) is 11.8. The van der Waals surface area contributed by atoms with Gasteiger partial charge in [0.2, 0.25) is 0 Å². The number of hydrogen-bond donors (Lipinski definition) is 1. The smallest absolute Gasteiger partial charge is 0.309 e. The van der Waals surface area contributed by atoms with Gasteiger partial charge in [0.25, 0.3) is 0 Å². The van der Waals surface area contributed by atoms with Crippen LogP contribution in [-0.2, 0) is 17.0 Å². The van der Waals surface area contributed by atoms with E-state index < -0.39 is 11.7 Å². The summed E-state index contributed by atoms with van der Waals surface area (Å²) in [6.07, 6.45) is -4.58. The Morgan fingerprint density at radius 3 is 1.72 bits per heavy atom. The number of halogens is 3. The van der Waals surface area contributed by atoms with E-state index in [2.05, 4.69) is 74.3 Å². The summed E-state index contributed by atoms with van der Waals surface area (Å²) in [7, 11) is 0. The van der Waals surface area contributed by atoms with Crippen molar-refractivity contribution in [2.24, 2.45) is 0 Å². The van der Waals surface area contributed by atoms with Crippen LogP contribution in [0.25, 0.3) is 38.9 Å². The number of H-pyrrole nitrogens is 1. The van der Waals surface area contributed by atoms with Gasteiger partial charge in [0.1, 0.15) is 0 Å². The summed E-state index contributed by atoms with van der Waals surface area (Å²) < 4.78 is 45.0. The minimum Gasteiger partial charge on any atom is -0.309 e. The van der Waals surface area contributed by atoms with Crippen LogP contribution in [0.4, 0.5) is 13.2 Å². The maximum Gasteiger partial charge on any atom is 0.418 e. The van der Waals surface area contributed by atoms with E-state index >= 15 is 0 Å². The Kier molecular flexibility index (Phi) is 5.28. The van der Waals surface area contributed by atoms with Gasteiger partial charge in [-0.15, -0.1) is 5.10 Å². The van der Waals surface area contributed by atoms with Gasteiger partial charge in [0.15, 0.2) is 5.82 Å². The first-order valence-electron chi connectivity index (χ1n) is 11.8. The lowest BCUT2D eigenvalue weighted by molar-refractivity contribution is -0.137. The van der Waals surface area contributed by atoms with E-state index in [1.807, 2.05) is 24.3 Å². The highest BCUT2D eigenvalue weighted by Gasteiger charge is 2.35. The Balaban J connectivity index is 1.87. The summed E-state index contributed by atoms with van der Waals surface area (Å²) in [4.78, 5) is 0. The van der Waals surface area contributed by atoms with Crippen LogP contribution in [0.1, 0.15) is 58.2 Å². The second-order valence-electron chi connectivity index (χ2n) is 11.3. The molecule has 0 amide bonds. The zero-order chi connectivity index (χ0) is 26.0. The fourth-order valence-electron chi connectivity index (χ4n) is 4.60. The number of tetrazole rings is 1. The third-order valence-electron chi connectivity index (χ3n) is 6.66. The quantitative estimate of drug-likeness (QED) is 0.277. The summed E-state index contributed by atoms with van der Waals surface area (Å²) in [5.41, 5.74) is 3.07. The van der Waals surface area contributed by atoms with Gasteiger partial charge < -0.3 is 4.57 Å². The Bertz CT molecular complexity index is 1510. The van der Waals surface area contributed by atoms with Crippen molar-refractivity contribution in [1.29, 1.82) is 0 Å². The molecule has 186 valence electrons. The summed E-state index contributed by atoms with van der Waals surface area (Å²) >= 11 is 0. The van der Waals surface area contributed by atoms with Crippen molar-refractivity contribution < 1.29 is 13.2 Å². The van der Waals surface area contributed by atoms with E-state index in [4.69, 9.17) is 0 Å². The molecule has 8 heteroatoms. The Labute approximate surface area is 207 Å². The molecule has 2 aromatic heterocycles. The number of fused-ring (bicyclic) bond motifs is 3. The van der Waals surface area contributed by atoms with E-state index in [-0.39, 0.29) is 27.9 Å². The number of benzene rings is 3. The van der Waals surface area contributed by atoms with Crippen molar-refractivity contribution >= 4 is 21.8 Å². The highest BCUT2D eigenvalue weighted by molar-refractivity contribution is 6.10. The number of nitrogens with zero attached hydrogens (tertiary/aromatic N) is 4. The second kappa shape index (κ2) is 7.91. The Morgan fingerprint density at radius 1 is 0.722 bits per heavy atom. The molecule has 0 saturated carbocycles. The predicted molar refractivity (Wildman–Crippen MR) is 136 cm³/mol. The largest absolute Gasteiger partial charge is 0.418 e. The summed E-state index contributed by atoms with van der Waals surface area (Å²) in [5.74, 6) is 0.180. The third-order valence-corrected chi connectivity index (χ3v) is 6.66. The highest BCUT2D eigenvalue weighted by atomic mass is 19.4. The molecule has 1 N–H and O–H groups in total. The Hall–Kier alpha value is -3.68. The van der Waals surface area contributed by atoms with Crippen molar-refractivity contribution in [3.8, 4) is 17.1 Å². The molecule has 0 bridgehead atoms. The van der Waals surface area contributed by atoms with Crippen LogP contribution in [0.2, 0.25) is 0 Å². The van der Waals surface area contributed by atoms with Crippen LogP contribution in [0.3, 0.4) is 0 Å². The molecule has 5 aromatic rings. The molecule has 0 atom stereocenters. The van der Waals surface area contributed by atoms with Gasteiger partial charge >= 0.3 is 6.18 Å². The number of alkyl halides is 3. The average Bonchev–Trinajstić information content (AvgIpc) is 3.43.